The molecule has 0 saturated heterocycles. The van der Waals surface area contributed by atoms with E-state index in [1.165, 1.54) is 6.07 Å². The van der Waals surface area contributed by atoms with E-state index in [0.717, 1.165) is 5.56 Å². The zero-order chi connectivity index (χ0) is 13.8. The van der Waals surface area contributed by atoms with Crippen molar-refractivity contribution in [2.45, 2.75) is 6.61 Å². The number of carbonyl (C=O) groups is 1. The molecule has 0 amide bonds. The molecule has 2 aromatic carbocycles. The Hall–Kier alpha value is -1.03. The Kier molecular flexibility index (Phi) is 4.86. The zero-order valence-electron chi connectivity index (χ0n) is 9.70. The van der Waals surface area contributed by atoms with Crippen LogP contribution in [0.1, 0.15) is 15.9 Å². The van der Waals surface area contributed by atoms with Gasteiger partial charge in [-0.05, 0) is 45.2 Å². The fourth-order valence-electron chi connectivity index (χ4n) is 1.54. The summed E-state index contributed by atoms with van der Waals surface area (Å²) < 4.78 is 6.25. The predicted molar refractivity (Wildman–Crippen MR) is 80.1 cm³/mol. The van der Waals surface area contributed by atoms with Crippen molar-refractivity contribution >= 4 is 44.4 Å². The maximum absolute atomic E-state index is 11.1. The zero-order valence-corrected chi connectivity index (χ0v) is 12.8. The highest BCUT2D eigenvalue weighted by atomic mass is 79.9. The average Bonchev–Trinajstić information content (AvgIpc) is 2.38. The molecule has 0 atom stereocenters. The van der Waals surface area contributed by atoms with Crippen molar-refractivity contribution in [2.75, 3.05) is 0 Å². The number of hydrogen-bond donors (Lipinski definition) is 0. The van der Waals surface area contributed by atoms with Gasteiger partial charge in [-0.2, -0.15) is 0 Å². The number of hydrogen-bond acceptors (Lipinski definition) is 2. The molecule has 0 unspecified atom stereocenters. The lowest BCUT2D eigenvalue weighted by Gasteiger charge is -2.11. The summed E-state index contributed by atoms with van der Waals surface area (Å²) in [6.45, 7) is 0.396. The lowest BCUT2D eigenvalue weighted by molar-refractivity contribution is 0.108. The molecular formula is C14H9BrCl2O2. The molecule has 0 bridgehead atoms. The molecule has 5 heteroatoms. The predicted octanol–water partition coefficient (Wildman–Crippen LogP) is 5.06. The fraction of sp³-hybridized carbons (Fsp3) is 0.0714. The normalized spacial score (nSPS) is 10.3. The van der Waals surface area contributed by atoms with Crippen molar-refractivity contribution in [1.82, 2.24) is 0 Å². The topological polar surface area (TPSA) is 26.3 Å². The van der Waals surface area contributed by atoms with Crippen LogP contribution in [0.2, 0.25) is 5.02 Å². The minimum absolute atomic E-state index is 0.325. The monoisotopic (exact) mass is 358 g/mol. The van der Waals surface area contributed by atoms with Gasteiger partial charge in [0.1, 0.15) is 6.61 Å². The van der Waals surface area contributed by atoms with Gasteiger partial charge in [-0.25, -0.2) is 0 Å². The maximum atomic E-state index is 11.1. The summed E-state index contributed by atoms with van der Waals surface area (Å²) in [7, 11) is 0. The van der Waals surface area contributed by atoms with Crippen LogP contribution in [0.25, 0.3) is 0 Å². The molecule has 0 aliphatic rings. The maximum Gasteiger partial charge on any atom is 0.252 e. The first kappa shape index (κ1) is 14.4. The average molecular weight is 360 g/mol. The van der Waals surface area contributed by atoms with E-state index >= 15 is 0 Å². The Morgan fingerprint density at radius 3 is 2.47 bits per heavy atom. The van der Waals surface area contributed by atoms with Gasteiger partial charge in [-0.1, -0.05) is 41.9 Å². The summed E-state index contributed by atoms with van der Waals surface area (Å²) >= 11 is 14.8. The van der Waals surface area contributed by atoms with Gasteiger partial charge in [0.15, 0.2) is 5.75 Å². The first-order chi connectivity index (χ1) is 9.08. The third-order valence-corrected chi connectivity index (χ3v) is 3.54. The summed E-state index contributed by atoms with van der Waals surface area (Å²) in [4.78, 5) is 11.1. The van der Waals surface area contributed by atoms with Gasteiger partial charge in [0, 0.05) is 5.56 Å². The highest BCUT2D eigenvalue weighted by Gasteiger charge is 2.12. The summed E-state index contributed by atoms with van der Waals surface area (Å²) in [5.74, 6) is 0.493. The molecule has 0 aromatic heterocycles. The van der Waals surface area contributed by atoms with Gasteiger partial charge in [-0.15, -0.1) is 0 Å². The van der Waals surface area contributed by atoms with Crippen molar-refractivity contribution < 1.29 is 9.53 Å². The quantitative estimate of drug-likeness (QED) is 0.713. The van der Waals surface area contributed by atoms with E-state index in [1.807, 2.05) is 30.3 Å². The van der Waals surface area contributed by atoms with E-state index < -0.39 is 5.24 Å². The van der Waals surface area contributed by atoms with Crippen molar-refractivity contribution in [2.24, 2.45) is 0 Å². The highest BCUT2D eigenvalue weighted by molar-refractivity contribution is 9.10. The molecule has 0 aliphatic carbocycles. The Morgan fingerprint density at radius 2 is 1.89 bits per heavy atom. The van der Waals surface area contributed by atoms with Crippen LogP contribution < -0.4 is 4.74 Å². The van der Waals surface area contributed by atoms with Crippen LogP contribution in [0, 0.1) is 0 Å². The molecule has 0 aliphatic heterocycles. The van der Waals surface area contributed by atoms with Gasteiger partial charge in [0.2, 0.25) is 0 Å². The minimum atomic E-state index is -0.558. The van der Waals surface area contributed by atoms with E-state index in [-0.39, 0.29) is 0 Å². The third kappa shape index (κ3) is 3.72. The second-order valence-electron chi connectivity index (χ2n) is 3.82. The molecule has 0 spiro atoms. The van der Waals surface area contributed by atoms with Gasteiger partial charge in [0.25, 0.3) is 5.24 Å². The van der Waals surface area contributed by atoms with E-state index in [0.29, 0.717) is 27.4 Å². The second-order valence-corrected chi connectivity index (χ2v) is 5.42. The van der Waals surface area contributed by atoms with Gasteiger partial charge >= 0.3 is 0 Å². The minimum Gasteiger partial charge on any atom is -0.486 e. The highest BCUT2D eigenvalue weighted by Crippen LogP contribution is 2.35. The fourth-order valence-corrected chi connectivity index (χ4v) is 2.61. The number of rotatable bonds is 4. The van der Waals surface area contributed by atoms with Gasteiger partial charge < -0.3 is 4.74 Å². The smallest absolute Gasteiger partial charge is 0.252 e. The SMILES string of the molecule is O=C(Cl)c1cc(Cl)c(OCc2ccccc2)c(Br)c1. The van der Waals surface area contributed by atoms with Crippen molar-refractivity contribution in [3.8, 4) is 5.75 Å². The van der Waals surface area contributed by atoms with Crippen LogP contribution in [0.4, 0.5) is 0 Å². The number of benzene rings is 2. The number of carbonyl (C=O) groups excluding carboxylic acids is 1. The van der Waals surface area contributed by atoms with E-state index in [9.17, 15) is 4.79 Å². The molecule has 98 valence electrons. The summed E-state index contributed by atoms with van der Waals surface area (Å²) in [6, 6.07) is 12.8. The summed E-state index contributed by atoms with van der Waals surface area (Å²) in [6.07, 6.45) is 0. The molecular weight excluding hydrogens is 351 g/mol. The Morgan fingerprint density at radius 1 is 1.21 bits per heavy atom. The van der Waals surface area contributed by atoms with Crippen molar-refractivity contribution in [1.29, 1.82) is 0 Å². The van der Waals surface area contributed by atoms with E-state index in [4.69, 9.17) is 27.9 Å². The first-order valence-electron chi connectivity index (χ1n) is 5.43. The van der Waals surface area contributed by atoms with Gasteiger partial charge in [-0.3, -0.25) is 4.79 Å². The van der Waals surface area contributed by atoms with Crippen LogP contribution in [-0.2, 0) is 6.61 Å². The summed E-state index contributed by atoms with van der Waals surface area (Å²) in [5.41, 5.74) is 1.36. The Labute approximate surface area is 129 Å². The molecule has 0 radical (unpaired) electrons. The molecule has 19 heavy (non-hydrogen) atoms. The van der Waals surface area contributed by atoms with Crippen LogP contribution in [0.3, 0.4) is 0 Å². The summed E-state index contributed by atoms with van der Waals surface area (Å²) in [5, 5.41) is -0.216. The second kappa shape index (κ2) is 6.42. The van der Waals surface area contributed by atoms with Crippen LogP contribution in [0.5, 0.6) is 5.75 Å². The largest absolute Gasteiger partial charge is 0.486 e. The molecule has 0 saturated carbocycles. The van der Waals surface area contributed by atoms with Crippen LogP contribution >= 0.6 is 39.1 Å². The molecule has 0 N–H and O–H groups in total. The standard InChI is InChI=1S/C14H9BrCl2O2/c15-11-6-10(14(17)18)7-12(16)13(11)19-8-9-4-2-1-3-5-9/h1-7H,8H2. The van der Waals surface area contributed by atoms with E-state index in [2.05, 4.69) is 15.9 Å². The first-order valence-corrected chi connectivity index (χ1v) is 6.98. The Balaban J connectivity index is 2.19. The number of ether oxygens (including phenoxy) is 1. The molecule has 2 nitrogen and oxygen atoms in total. The van der Waals surface area contributed by atoms with E-state index in [1.54, 1.807) is 6.07 Å². The Bertz CT molecular complexity index is 577. The van der Waals surface area contributed by atoms with Crippen LogP contribution in [0.15, 0.2) is 46.9 Å². The molecule has 0 fully saturated rings. The molecule has 2 rings (SSSR count). The van der Waals surface area contributed by atoms with Gasteiger partial charge in [0.05, 0.1) is 9.50 Å². The lowest BCUT2D eigenvalue weighted by atomic mass is 10.2. The molecule has 0 heterocycles. The van der Waals surface area contributed by atoms with Crippen molar-refractivity contribution in [3.05, 3.63) is 63.1 Å². The number of halogens is 3. The molecule has 2 aromatic rings. The third-order valence-electron chi connectivity index (χ3n) is 2.45. The lowest BCUT2D eigenvalue weighted by Crippen LogP contribution is -1.98. The van der Waals surface area contributed by atoms with Crippen LogP contribution in [-0.4, -0.2) is 5.24 Å². The van der Waals surface area contributed by atoms with Crippen molar-refractivity contribution in [3.63, 3.8) is 0 Å².